The minimum absolute atomic E-state index is 0.00338. The predicted molar refractivity (Wildman–Crippen MR) is 396 cm³/mol. The number of rotatable bonds is 15. The highest BCUT2D eigenvalue weighted by Crippen LogP contribution is 2.35. The van der Waals surface area contributed by atoms with Crippen molar-refractivity contribution >= 4 is 204 Å². The van der Waals surface area contributed by atoms with Crippen molar-refractivity contribution in [2.24, 2.45) is 11.8 Å². The number of amides is 1. The van der Waals surface area contributed by atoms with Crippen LogP contribution in [0, 0.1) is 11.8 Å². The fourth-order valence-corrected chi connectivity index (χ4v) is 10.7. The van der Waals surface area contributed by atoms with Gasteiger partial charge in [-0.3, -0.25) is 24.0 Å². The van der Waals surface area contributed by atoms with Crippen LogP contribution < -0.4 is 0 Å². The molecule has 7 rings (SSSR count). The number of Topliss-reactive ketones (excluding diaryl/α,β-unsaturated/α-hetero) is 1. The predicted octanol–water partition coefficient (Wildman–Crippen LogP) is 23.4. The maximum Gasteiger partial charge on any atom is 0.337 e. The van der Waals surface area contributed by atoms with Gasteiger partial charge in [-0.2, -0.15) is 0 Å². The number of hydrogen-bond donors (Lipinski definition) is 2. The van der Waals surface area contributed by atoms with Crippen molar-refractivity contribution in [3.05, 3.63) is 243 Å². The van der Waals surface area contributed by atoms with Crippen LogP contribution in [0.25, 0.3) is 5.57 Å². The molecule has 5 unspecified atom stereocenters. The van der Waals surface area contributed by atoms with Crippen LogP contribution in [0.15, 0.2) is 133 Å². The van der Waals surface area contributed by atoms with Gasteiger partial charge in [0.05, 0.1) is 67.0 Å². The molecule has 0 aromatic heterocycles. The molecule has 0 aliphatic heterocycles. The van der Waals surface area contributed by atoms with Crippen molar-refractivity contribution in [1.29, 1.82) is 0 Å². The van der Waals surface area contributed by atoms with E-state index < -0.39 is 11.9 Å². The number of carbonyl (C=O) groups is 6. The minimum Gasteiger partial charge on any atom is -0.478 e. The Bertz CT molecular complexity index is 3720. The summed E-state index contributed by atoms with van der Waals surface area (Å²) in [5.74, 6) is -2.26. The topological polar surface area (TPSA) is 183 Å². The third kappa shape index (κ3) is 31.6. The molecule has 0 saturated heterocycles. The number of benzene rings is 7. The first-order valence-electron chi connectivity index (χ1n) is 28.1. The Morgan fingerprint density at radius 1 is 0.448 bits per heavy atom. The van der Waals surface area contributed by atoms with Gasteiger partial charge in [-0.1, -0.05) is 197 Å². The number of carbonyl (C=O) groups excluding carboxylic acids is 5. The van der Waals surface area contributed by atoms with E-state index in [0.717, 1.165) is 27.3 Å². The van der Waals surface area contributed by atoms with Crippen LogP contribution in [0.1, 0.15) is 126 Å². The number of aromatic carboxylic acids is 1. The molecule has 7 aromatic rings. The lowest BCUT2D eigenvalue weighted by molar-refractivity contribution is -0.145. The van der Waals surface area contributed by atoms with Crippen molar-refractivity contribution < 1.29 is 58.0 Å². The fraction of sp³-hybridized carbons (Fsp3) is 0.275. The van der Waals surface area contributed by atoms with Crippen LogP contribution >= 0.6 is 162 Å². The van der Waals surface area contributed by atoms with Gasteiger partial charge in [0, 0.05) is 80.5 Å². The minimum atomic E-state index is -1.07. The summed E-state index contributed by atoms with van der Waals surface area (Å²) in [6, 6.07) is 34.8. The number of allylic oxidation sites excluding steroid dienone is 1. The molecule has 0 aliphatic rings. The van der Waals surface area contributed by atoms with E-state index >= 15 is 0 Å². The lowest BCUT2D eigenvalue weighted by Gasteiger charge is -2.19. The second-order valence-electron chi connectivity index (χ2n) is 20.4. The summed E-state index contributed by atoms with van der Waals surface area (Å²) in [5, 5.41) is 26.0. The van der Waals surface area contributed by atoms with Crippen molar-refractivity contribution in [3.8, 4) is 0 Å². The van der Waals surface area contributed by atoms with E-state index in [1.54, 1.807) is 104 Å². The van der Waals surface area contributed by atoms with Gasteiger partial charge in [0.1, 0.15) is 0 Å². The average Bonchev–Trinajstić information content (AvgIpc) is 1.20. The van der Waals surface area contributed by atoms with Crippen LogP contribution in [0.4, 0.5) is 0 Å². The molecule has 5 atom stereocenters. The molecular weight excluding hydrogens is 1530 g/mol. The highest BCUT2D eigenvalue weighted by molar-refractivity contribution is 6.38. The Balaban J connectivity index is 0.000000562. The highest BCUT2D eigenvalue weighted by atomic mass is 35.5. The van der Waals surface area contributed by atoms with E-state index in [1.165, 1.54) is 72.8 Å². The summed E-state index contributed by atoms with van der Waals surface area (Å²) >= 11 is 81.6. The molecule has 96 heavy (non-hydrogen) atoms. The second-order valence-corrected chi connectivity index (χ2v) is 26.3. The summed E-state index contributed by atoms with van der Waals surface area (Å²) in [5.41, 5.74) is 5.01. The zero-order chi connectivity index (χ0) is 73.4. The standard InChI is InChI=1S/C12H14Cl2O2.C11H12Cl2O2.C11H10Cl2O2.C11H14Cl2O.C9H9Cl2NO2.C8H6Cl2O.C7H4Cl2O2/c1-7(8(2)12(15)16-3)10-6-9(13)4-5-11(10)14;2*1-7(5-11(14)15-2)9-6-8(12)3-4-10(9)13;1-7(6-14)8(2)10-5-9(12)3-4-11(10)13;1-12(14-2)9(13)7-5-6(10)3-4-8(7)11;1-5(11)7-4-6(9)2-3-8(7)10;8-4-1-2-6(9)5(3-4)7(10)11/h4-8H,1-3H3;3-4,6-7H,5H2,1-2H3;3-6H,1-2H3;3-5,7-8,14H,6H2,1-2H3;3-5H,1-2H3;2-4H,1H3;1-3H,(H,10,11)/b;;7-5+;;;;. The number of nitrogens with zero attached hydrogens (tertiary/aromatic N) is 1. The van der Waals surface area contributed by atoms with E-state index in [0.29, 0.717) is 88.4 Å². The lowest BCUT2D eigenvalue weighted by atomic mass is 9.89. The van der Waals surface area contributed by atoms with E-state index in [-0.39, 0.29) is 70.4 Å². The van der Waals surface area contributed by atoms with Gasteiger partial charge in [-0.05, 0) is 193 Å². The molecule has 0 aliphatic carbocycles. The van der Waals surface area contributed by atoms with Crippen molar-refractivity contribution in [2.75, 3.05) is 42.1 Å². The van der Waals surface area contributed by atoms with Gasteiger partial charge in [-0.15, -0.1) is 0 Å². The number of aliphatic hydroxyl groups is 1. The summed E-state index contributed by atoms with van der Waals surface area (Å²) < 4.78 is 13.8. The molecule has 13 nitrogen and oxygen atoms in total. The first-order chi connectivity index (χ1) is 44.9. The molecule has 0 bridgehead atoms. The van der Waals surface area contributed by atoms with Crippen molar-refractivity contribution in [1.82, 2.24) is 5.06 Å². The molecule has 0 spiro atoms. The fourth-order valence-electron chi connectivity index (χ4n) is 7.64. The van der Waals surface area contributed by atoms with E-state index in [4.69, 9.17) is 182 Å². The van der Waals surface area contributed by atoms with Gasteiger partial charge < -0.3 is 24.4 Å². The normalized spacial score (nSPS) is 12.0. The van der Waals surface area contributed by atoms with Crippen LogP contribution in [0.3, 0.4) is 0 Å². The van der Waals surface area contributed by atoms with Gasteiger partial charge in [0.2, 0.25) is 0 Å². The highest BCUT2D eigenvalue weighted by Gasteiger charge is 2.25. The number of ketones is 1. The molecule has 7 aromatic carbocycles. The summed E-state index contributed by atoms with van der Waals surface area (Å²) in [6.07, 6.45) is 1.67. The molecule has 2 N–H and O–H groups in total. The third-order valence-electron chi connectivity index (χ3n) is 13.6. The zero-order valence-corrected chi connectivity index (χ0v) is 64.3. The Morgan fingerprint density at radius 3 is 1.16 bits per heavy atom. The van der Waals surface area contributed by atoms with E-state index in [1.807, 2.05) is 40.7 Å². The van der Waals surface area contributed by atoms with E-state index in [2.05, 4.69) is 9.47 Å². The van der Waals surface area contributed by atoms with E-state index in [9.17, 15) is 28.8 Å². The van der Waals surface area contributed by atoms with Crippen LogP contribution in [0.5, 0.6) is 0 Å². The van der Waals surface area contributed by atoms with Gasteiger partial charge in [0.15, 0.2) is 5.78 Å². The van der Waals surface area contributed by atoms with Crippen LogP contribution in [-0.2, 0) is 33.4 Å². The smallest absolute Gasteiger partial charge is 0.337 e. The molecule has 520 valence electrons. The molecule has 0 radical (unpaired) electrons. The average molecular weight is 1600 g/mol. The quantitative estimate of drug-likeness (QED) is 0.0326. The molecule has 0 fully saturated rings. The first-order valence-corrected chi connectivity index (χ1v) is 33.4. The number of methoxy groups -OCH3 is 3. The Hall–Kier alpha value is -4.72. The Morgan fingerprint density at radius 2 is 0.792 bits per heavy atom. The zero-order valence-electron chi connectivity index (χ0n) is 53.7. The molecule has 0 heterocycles. The number of carboxylic acid groups (broad SMARTS) is 1. The molecular formula is C69H69Cl14NO12. The number of halogens is 14. The number of hydrogen-bond acceptors (Lipinski definition) is 11. The maximum absolute atomic E-state index is 11.6. The summed E-state index contributed by atoms with van der Waals surface area (Å²) in [6.45, 7) is 13.1. The van der Waals surface area contributed by atoms with Gasteiger partial charge in [0.25, 0.3) is 5.91 Å². The van der Waals surface area contributed by atoms with Crippen molar-refractivity contribution in [2.45, 2.75) is 72.6 Å². The maximum atomic E-state index is 11.6. The number of hydroxylamine groups is 2. The molecule has 0 saturated carbocycles. The van der Waals surface area contributed by atoms with Crippen molar-refractivity contribution in [3.63, 3.8) is 0 Å². The number of ether oxygens (including phenoxy) is 3. The first kappa shape index (κ1) is 89.3. The monoisotopic (exact) mass is 1590 g/mol. The van der Waals surface area contributed by atoms with Gasteiger partial charge in [-0.25, -0.2) is 14.7 Å². The Kier molecular flexibility index (Phi) is 42.6. The van der Waals surface area contributed by atoms with Crippen LogP contribution in [-0.4, -0.2) is 92.9 Å². The molecule has 1 amide bonds. The molecule has 27 heteroatoms. The third-order valence-corrected chi connectivity index (χ3v) is 17.6. The lowest BCUT2D eigenvalue weighted by Crippen LogP contribution is -2.25. The number of aliphatic hydroxyl groups excluding tert-OH is 1. The number of esters is 3. The summed E-state index contributed by atoms with van der Waals surface area (Å²) in [7, 11) is 6.97. The SMILES string of the molecule is CC(=O)c1cc(Cl)ccc1Cl.CC(CO)C(C)c1cc(Cl)ccc1Cl.COC(=O)/C=C(\C)c1cc(Cl)ccc1Cl.COC(=O)C(C)C(C)c1cc(Cl)ccc1Cl.COC(=O)CC(C)c1cc(Cl)ccc1Cl.CON(C)C(=O)c1cc(Cl)ccc1Cl.O=C(O)c1cc(Cl)ccc1Cl. The number of carboxylic acids is 1. The summed E-state index contributed by atoms with van der Waals surface area (Å²) in [4.78, 5) is 71.2. The van der Waals surface area contributed by atoms with Gasteiger partial charge >= 0.3 is 23.9 Å². The Labute approximate surface area is 630 Å². The largest absolute Gasteiger partial charge is 0.478 e. The second kappa shape index (κ2) is 45.8. The van der Waals surface area contributed by atoms with Crippen LogP contribution in [0.2, 0.25) is 70.3 Å².